The van der Waals surface area contributed by atoms with Crippen LogP contribution < -0.4 is 11.1 Å². The van der Waals surface area contributed by atoms with E-state index in [-0.39, 0.29) is 11.8 Å². The Kier molecular flexibility index (Phi) is 6.06. The molecule has 1 atom stereocenters. The molecular weight excluding hydrogens is 296 g/mol. The first-order chi connectivity index (χ1) is 10.6. The third-order valence-corrected chi connectivity index (χ3v) is 4.00. The molecule has 6 heteroatoms. The highest BCUT2D eigenvalue weighted by atomic mass is 32.1. The molecule has 1 aromatic carbocycles. The SMILES string of the molecule is CC(CN)C(=O)Nc1cccc(CN(C)Cc2cscn2)c1. The predicted octanol–water partition coefficient (Wildman–Crippen LogP) is 2.31. The van der Waals surface area contributed by atoms with E-state index >= 15 is 0 Å². The largest absolute Gasteiger partial charge is 0.330 e. The summed E-state index contributed by atoms with van der Waals surface area (Å²) in [6.45, 7) is 3.78. The van der Waals surface area contributed by atoms with Crippen LogP contribution in [-0.2, 0) is 17.9 Å². The van der Waals surface area contributed by atoms with Crippen molar-refractivity contribution in [2.45, 2.75) is 20.0 Å². The fourth-order valence-electron chi connectivity index (χ4n) is 2.08. The standard InChI is InChI=1S/C16H22N4OS/c1-12(7-17)16(21)19-14-5-3-4-13(6-14)8-20(2)9-15-10-22-11-18-15/h3-6,10-12H,7-9,17H2,1-2H3,(H,19,21). The van der Waals surface area contributed by atoms with Crippen LogP contribution in [0.4, 0.5) is 5.69 Å². The van der Waals surface area contributed by atoms with Crippen LogP contribution in [0.3, 0.4) is 0 Å². The van der Waals surface area contributed by atoms with Crippen molar-refractivity contribution in [2.24, 2.45) is 11.7 Å². The van der Waals surface area contributed by atoms with Gasteiger partial charge in [-0.3, -0.25) is 9.69 Å². The smallest absolute Gasteiger partial charge is 0.228 e. The molecule has 2 aromatic rings. The third kappa shape index (κ3) is 4.91. The van der Waals surface area contributed by atoms with Gasteiger partial charge in [0.15, 0.2) is 0 Å². The maximum atomic E-state index is 11.9. The summed E-state index contributed by atoms with van der Waals surface area (Å²) in [4.78, 5) is 18.4. The van der Waals surface area contributed by atoms with Crippen molar-refractivity contribution < 1.29 is 4.79 Å². The molecule has 1 unspecified atom stereocenters. The Bertz CT molecular complexity index is 600. The van der Waals surface area contributed by atoms with Crippen molar-refractivity contribution >= 4 is 22.9 Å². The number of hydrogen-bond acceptors (Lipinski definition) is 5. The van der Waals surface area contributed by atoms with Crippen LogP contribution in [0.15, 0.2) is 35.2 Å². The van der Waals surface area contributed by atoms with Crippen molar-refractivity contribution in [1.29, 1.82) is 0 Å². The van der Waals surface area contributed by atoms with E-state index < -0.39 is 0 Å². The first-order valence-corrected chi connectivity index (χ1v) is 8.18. The van der Waals surface area contributed by atoms with Gasteiger partial charge in [-0.15, -0.1) is 11.3 Å². The van der Waals surface area contributed by atoms with Gasteiger partial charge in [0.2, 0.25) is 5.91 Å². The summed E-state index contributed by atoms with van der Waals surface area (Å²) in [5.41, 5.74) is 10.4. The molecule has 0 aliphatic rings. The molecule has 5 nitrogen and oxygen atoms in total. The summed E-state index contributed by atoms with van der Waals surface area (Å²) in [6.07, 6.45) is 0. The summed E-state index contributed by atoms with van der Waals surface area (Å²) in [5.74, 6) is -0.230. The van der Waals surface area contributed by atoms with Crippen molar-refractivity contribution in [3.63, 3.8) is 0 Å². The lowest BCUT2D eigenvalue weighted by molar-refractivity contribution is -0.119. The zero-order chi connectivity index (χ0) is 15.9. The Hall–Kier alpha value is -1.76. The molecule has 0 spiro atoms. The number of benzene rings is 1. The molecule has 3 N–H and O–H groups in total. The molecule has 0 aliphatic carbocycles. The molecular formula is C16H22N4OS. The van der Waals surface area contributed by atoms with Gasteiger partial charge in [-0.05, 0) is 24.7 Å². The molecule has 0 saturated carbocycles. The number of amides is 1. The van der Waals surface area contributed by atoms with Crippen LogP contribution in [0, 0.1) is 5.92 Å². The van der Waals surface area contributed by atoms with Crippen LogP contribution in [0.25, 0.3) is 0 Å². The van der Waals surface area contributed by atoms with Gasteiger partial charge in [-0.1, -0.05) is 19.1 Å². The van der Waals surface area contributed by atoms with Gasteiger partial charge < -0.3 is 11.1 Å². The van der Waals surface area contributed by atoms with Gasteiger partial charge in [-0.25, -0.2) is 4.98 Å². The van der Waals surface area contributed by atoms with Crippen LogP contribution in [0.2, 0.25) is 0 Å². The second-order valence-corrected chi connectivity index (χ2v) is 6.20. The number of nitrogens with one attached hydrogen (secondary N) is 1. The van der Waals surface area contributed by atoms with E-state index in [2.05, 4.69) is 33.7 Å². The minimum Gasteiger partial charge on any atom is -0.330 e. The number of nitrogens with zero attached hydrogens (tertiary/aromatic N) is 2. The average molecular weight is 318 g/mol. The van der Waals surface area contributed by atoms with Crippen molar-refractivity contribution in [1.82, 2.24) is 9.88 Å². The lowest BCUT2D eigenvalue weighted by atomic mass is 10.1. The molecule has 0 aliphatic heterocycles. The highest BCUT2D eigenvalue weighted by molar-refractivity contribution is 7.07. The quantitative estimate of drug-likeness (QED) is 0.822. The molecule has 22 heavy (non-hydrogen) atoms. The maximum absolute atomic E-state index is 11.9. The lowest BCUT2D eigenvalue weighted by Crippen LogP contribution is -2.26. The molecule has 1 aromatic heterocycles. The topological polar surface area (TPSA) is 71.2 Å². The Morgan fingerprint density at radius 1 is 1.45 bits per heavy atom. The van der Waals surface area contributed by atoms with Crippen LogP contribution in [0.5, 0.6) is 0 Å². The van der Waals surface area contributed by atoms with E-state index in [0.717, 1.165) is 30.0 Å². The molecule has 0 saturated heterocycles. The number of hydrogen-bond donors (Lipinski definition) is 2. The third-order valence-electron chi connectivity index (χ3n) is 3.36. The zero-order valence-corrected chi connectivity index (χ0v) is 13.8. The van der Waals surface area contributed by atoms with Crippen molar-refractivity contribution in [2.75, 3.05) is 18.9 Å². The molecule has 2 rings (SSSR count). The number of aromatic nitrogens is 1. The summed E-state index contributed by atoms with van der Waals surface area (Å²) in [6, 6.07) is 7.90. The fourth-order valence-corrected chi connectivity index (χ4v) is 2.63. The van der Waals surface area contributed by atoms with E-state index in [9.17, 15) is 4.79 Å². The average Bonchev–Trinajstić information content (AvgIpc) is 2.99. The van der Waals surface area contributed by atoms with Crippen LogP contribution in [0.1, 0.15) is 18.2 Å². The Balaban J connectivity index is 1.94. The Morgan fingerprint density at radius 2 is 2.27 bits per heavy atom. The zero-order valence-electron chi connectivity index (χ0n) is 13.0. The molecule has 0 radical (unpaired) electrons. The van der Waals surface area contributed by atoms with E-state index in [1.54, 1.807) is 11.3 Å². The van der Waals surface area contributed by atoms with Crippen LogP contribution >= 0.6 is 11.3 Å². The minimum atomic E-state index is -0.184. The lowest BCUT2D eigenvalue weighted by Gasteiger charge is -2.16. The monoisotopic (exact) mass is 318 g/mol. The molecule has 118 valence electrons. The minimum absolute atomic E-state index is 0.0459. The summed E-state index contributed by atoms with van der Waals surface area (Å²) < 4.78 is 0. The van der Waals surface area contributed by atoms with E-state index in [0.29, 0.717) is 6.54 Å². The van der Waals surface area contributed by atoms with Gasteiger partial charge in [0.05, 0.1) is 11.2 Å². The summed E-state index contributed by atoms with van der Waals surface area (Å²) in [7, 11) is 2.06. The van der Waals surface area contributed by atoms with Crippen molar-refractivity contribution in [3.05, 3.63) is 46.4 Å². The highest BCUT2D eigenvalue weighted by Gasteiger charge is 2.11. The molecule has 1 heterocycles. The number of anilines is 1. The highest BCUT2D eigenvalue weighted by Crippen LogP contribution is 2.14. The van der Waals surface area contributed by atoms with Crippen LogP contribution in [-0.4, -0.2) is 29.4 Å². The molecule has 0 bridgehead atoms. The number of thiazole rings is 1. The van der Waals surface area contributed by atoms with E-state index in [4.69, 9.17) is 5.73 Å². The number of nitrogens with two attached hydrogens (primary N) is 1. The predicted molar refractivity (Wildman–Crippen MR) is 90.6 cm³/mol. The van der Waals surface area contributed by atoms with Gasteiger partial charge in [0, 0.05) is 36.6 Å². The maximum Gasteiger partial charge on any atom is 0.228 e. The normalized spacial score (nSPS) is 12.4. The first-order valence-electron chi connectivity index (χ1n) is 7.24. The number of carbonyl (C=O) groups excluding carboxylic acids is 1. The first kappa shape index (κ1) is 16.6. The summed E-state index contributed by atoms with van der Waals surface area (Å²) >= 11 is 1.61. The van der Waals surface area contributed by atoms with Gasteiger partial charge in [0.25, 0.3) is 0 Å². The van der Waals surface area contributed by atoms with Crippen molar-refractivity contribution in [3.8, 4) is 0 Å². The van der Waals surface area contributed by atoms with E-state index in [1.807, 2.05) is 30.6 Å². The van der Waals surface area contributed by atoms with E-state index in [1.165, 1.54) is 0 Å². The molecule has 1 amide bonds. The number of rotatable bonds is 7. The Morgan fingerprint density at radius 3 is 2.95 bits per heavy atom. The summed E-state index contributed by atoms with van der Waals surface area (Å²) in [5, 5.41) is 4.96. The molecule has 0 fully saturated rings. The van der Waals surface area contributed by atoms with Gasteiger partial charge >= 0.3 is 0 Å². The number of carbonyl (C=O) groups is 1. The van der Waals surface area contributed by atoms with Gasteiger partial charge in [0.1, 0.15) is 0 Å². The Labute approximate surface area is 135 Å². The fraction of sp³-hybridized carbons (Fsp3) is 0.375. The second-order valence-electron chi connectivity index (χ2n) is 5.48. The second kappa shape index (κ2) is 8.03. The van der Waals surface area contributed by atoms with Gasteiger partial charge in [-0.2, -0.15) is 0 Å².